The lowest BCUT2D eigenvalue weighted by Crippen LogP contribution is -2.25. The second-order valence-electron chi connectivity index (χ2n) is 9.42. The van der Waals surface area contributed by atoms with Crippen LogP contribution < -0.4 is 25.7 Å². The minimum absolute atomic E-state index is 0.00320. The molecule has 0 saturated carbocycles. The van der Waals surface area contributed by atoms with Gasteiger partial charge in [-0.25, -0.2) is 4.98 Å². The number of rotatable bonds is 12. The van der Waals surface area contributed by atoms with Crippen molar-refractivity contribution in [3.05, 3.63) is 75.4 Å². The van der Waals surface area contributed by atoms with E-state index in [1.54, 1.807) is 30.5 Å². The number of hydrogen-bond acceptors (Lipinski definition) is 9. The molecule has 0 aliphatic rings. The maximum Gasteiger partial charge on any atom is 0.260 e. The van der Waals surface area contributed by atoms with Crippen molar-refractivity contribution in [3.63, 3.8) is 0 Å². The number of nitrogens with one attached hydrogen (secondary N) is 2. The summed E-state index contributed by atoms with van der Waals surface area (Å²) >= 11 is 13.4. The van der Waals surface area contributed by atoms with Crippen LogP contribution in [0, 0.1) is 5.92 Å². The summed E-state index contributed by atoms with van der Waals surface area (Å²) in [4.78, 5) is 39.1. The van der Waals surface area contributed by atoms with Crippen LogP contribution in [0.2, 0.25) is 10.0 Å². The van der Waals surface area contributed by atoms with Gasteiger partial charge < -0.3 is 25.2 Å². The molecule has 1 aromatic carbocycles. The van der Waals surface area contributed by atoms with E-state index in [0.717, 1.165) is 0 Å². The molecule has 0 radical (unpaired) electrons. The molecule has 0 aliphatic carbocycles. The van der Waals surface area contributed by atoms with Crippen molar-refractivity contribution in [1.29, 1.82) is 0 Å². The van der Waals surface area contributed by atoms with Gasteiger partial charge in [-0.1, -0.05) is 36.7 Å². The number of aliphatic hydroxyl groups is 1. The van der Waals surface area contributed by atoms with Gasteiger partial charge in [-0.3, -0.25) is 19.1 Å². The third-order valence-corrected chi connectivity index (χ3v) is 7.21. The normalized spacial score (nSPS) is 11.7. The highest BCUT2D eigenvalue weighted by Gasteiger charge is 2.23. The minimum atomic E-state index is -0.398. The quantitative estimate of drug-likeness (QED) is 0.196. The Balaban J connectivity index is 1.82. The van der Waals surface area contributed by atoms with Crippen LogP contribution in [0.1, 0.15) is 12.6 Å². The lowest BCUT2D eigenvalue weighted by atomic mass is 10.0. The molecule has 4 aromatic rings. The second kappa shape index (κ2) is 13.6. The monoisotopic (exact) mass is 612 g/mol. The predicted molar refractivity (Wildman–Crippen MR) is 164 cm³/mol. The number of hydrogen-bond donors (Lipinski definition) is 3. The Kier molecular flexibility index (Phi) is 10.00. The van der Waals surface area contributed by atoms with Crippen LogP contribution in [0.4, 0.5) is 11.6 Å². The van der Waals surface area contributed by atoms with Crippen LogP contribution in [0.25, 0.3) is 22.2 Å². The van der Waals surface area contributed by atoms with Crippen LogP contribution >= 0.6 is 23.2 Å². The average Bonchev–Trinajstić information content (AvgIpc) is 3.00. The van der Waals surface area contributed by atoms with E-state index >= 15 is 0 Å². The van der Waals surface area contributed by atoms with Crippen molar-refractivity contribution < 1.29 is 19.4 Å². The number of aromatic nitrogens is 4. The lowest BCUT2D eigenvalue weighted by Gasteiger charge is -2.17. The fourth-order valence-corrected chi connectivity index (χ4v) is 4.85. The van der Waals surface area contributed by atoms with Gasteiger partial charge in [-0.15, -0.1) is 0 Å². The lowest BCUT2D eigenvalue weighted by molar-refractivity contribution is -0.111. The molecule has 3 heterocycles. The number of amides is 1. The number of halogens is 2. The number of nitrogens with zero attached hydrogens (tertiary/aromatic N) is 4. The first-order valence-corrected chi connectivity index (χ1v) is 13.7. The van der Waals surface area contributed by atoms with Crippen LogP contribution in [-0.4, -0.2) is 57.9 Å². The molecular weight excluding hydrogens is 583 g/mol. The Morgan fingerprint density at radius 2 is 1.86 bits per heavy atom. The Bertz CT molecular complexity index is 1650. The van der Waals surface area contributed by atoms with Gasteiger partial charge in [0.05, 0.1) is 41.7 Å². The molecule has 3 N–H and O–H groups in total. The summed E-state index contributed by atoms with van der Waals surface area (Å²) in [7, 11) is 2.91. The number of pyridine rings is 2. The van der Waals surface area contributed by atoms with E-state index in [-0.39, 0.29) is 46.1 Å². The van der Waals surface area contributed by atoms with Crippen molar-refractivity contribution in [3.8, 4) is 22.6 Å². The first-order valence-electron chi connectivity index (χ1n) is 12.9. The SMILES string of the molecule is C=CC(=O)Nc1ccc(CCn2c(=O)c(-c3c(Cl)c(OC)cc(OC)c3Cl)cc3cnc(NCC(C)CO)nc32)nc1. The molecule has 4 rings (SSSR count). The molecule has 1 amide bonds. The summed E-state index contributed by atoms with van der Waals surface area (Å²) in [5, 5.41) is 16.0. The second-order valence-corrected chi connectivity index (χ2v) is 10.2. The molecular formula is C29H30Cl2N6O5. The molecule has 0 saturated heterocycles. The molecule has 0 aliphatic heterocycles. The van der Waals surface area contributed by atoms with E-state index in [4.69, 9.17) is 32.7 Å². The maximum atomic E-state index is 14.1. The number of benzene rings is 1. The number of fused-ring (bicyclic) bond motifs is 1. The number of ether oxygens (including phenoxy) is 2. The Morgan fingerprint density at radius 1 is 1.14 bits per heavy atom. The molecule has 3 aromatic heterocycles. The van der Waals surface area contributed by atoms with E-state index in [0.29, 0.717) is 52.8 Å². The highest BCUT2D eigenvalue weighted by molar-refractivity contribution is 6.41. The van der Waals surface area contributed by atoms with Crippen LogP contribution in [-0.2, 0) is 17.8 Å². The van der Waals surface area contributed by atoms with Crippen molar-refractivity contribution in [2.45, 2.75) is 19.9 Å². The third kappa shape index (κ3) is 6.64. The third-order valence-electron chi connectivity index (χ3n) is 6.46. The molecule has 11 nitrogen and oxygen atoms in total. The summed E-state index contributed by atoms with van der Waals surface area (Å²) in [5.41, 5.74) is 1.66. The molecule has 0 bridgehead atoms. The predicted octanol–water partition coefficient (Wildman–Crippen LogP) is 4.59. The first-order chi connectivity index (χ1) is 20.2. The van der Waals surface area contributed by atoms with Gasteiger partial charge in [0.25, 0.3) is 5.56 Å². The van der Waals surface area contributed by atoms with E-state index in [1.807, 2.05) is 6.92 Å². The van der Waals surface area contributed by atoms with Gasteiger partial charge in [0.15, 0.2) is 0 Å². The van der Waals surface area contributed by atoms with Crippen molar-refractivity contribution in [2.24, 2.45) is 5.92 Å². The van der Waals surface area contributed by atoms with Crippen LogP contribution in [0.5, 0.6) is 11.5 Å². The number of carbonyl (C=O) groups excluding carboxylic acids is 1. The smallest absolute Gasteiger partial charge is 0.260 e. The van der Waals surface area contributed by atoms with Crippen molar-refractivity contribution in [2.75, 3.05) is 38.0 Å². The minimum Gasteiger partial charge on any atom is -0.495 e. The molecule has 1 atom stereocenters. The van der Waals surface area contributed by atoms with E-state index in [1.165, 1.54) is 31.1 Å². The summed E-state index contributed by atoms with van der Waals surface area (Å²) in [6, 6.07) is 6.66. The van der Waals surface area contributed by atoms with Gasteiger partial charge in [-0.2, -0.15) is 4.98 Å². The number of aliphatic hydroxyl groups excluding tert-OH is 1. The summed E-state index contributed by atoms with van der Waals surface area (Å²) in [6.45, 7) is 5.97. The van der Waals surface area contributed by atoms with Gasteiger partial charge in [0.2, 0.25) is 11.9 Å². The molecule has 220 valence electrons. The highest BCUT2D eigenvalue weighted by atomic mass is 35.5. The number of carbonyl (C=O) groups is 1. The zero-order valence-corrected chi connectivity index (χ0v) is 24.8. The van der Waals surface area contributed by atoms with Gasteiger partial charge >= 0.3 is 0 Å². The van der Waals surface area contributed by atoms with Gasteiger partial charge in [-0.05, 0) is 30.2 Å². The molecule has 13 heteroatoms. The Morgan fingerprint density at radius 3 is 2.45 bits per heavy atom. The van der Waals surface area contributed by atoms with Crippen molar-refractivity contribution in [1.82, 2.24) is 19.5 Å². The van der Waals surface area contributed by atoms with Crippen LogP contribution in [0.3, 0.4) is 0 Å². The number of methoxy groups -OCH3 is 2. The van der Waals surface area contributed by atoms with E-state index in [2.05, 4.69) is 32.2 Å². The zero-order valence-electron chi connectivity index (χ0n) is 23.3. The Labute approximate surface area is 252 Å². The van der Waals surface area contributed by atoms with Gasteiger partial charge in [0, 0.05) is 55.0 Å². The summed E-state index contributed by atoms with van der Waals surface area (Å²) in [6.07, 6.45) is 4.67. The summed E-state index contributed by atoms with van der Waals surface area (Å²) in [5.74, 6) is 0.527. The molecule has 0 spiro atoms. The zero-order chi connectivity index (χ0) is 30.4. The fourth-order valence-electron chi connectivity index (χ4n) is 4.15. The highest BCUT2D eigenvalue weighted by Crippen LogP contribution is 2.45. The number of aryl methyl sites for hydroxylation is 2. The topological polar surface area (TPSA) is 140 Å². The summed E-state index contributed by atoms with van der Waals surface area (Å²) < 4.78 is 12.3. The first kappa shape index (κ1) is 30.8. The maximum absolute atomic E-state index is 14.1. The van der Waals surface area contributed by atoms with E-state index < -0.39 is 5.56 Å². The largest absolute Gasteiger partial charge is 0.495 e. The van der Waals surface area contributed by atoms with E-state index in [9.17, 15) is 14.7 Å². The van der Waals surface area contributed by atoms with Gasteiger partial charge in [0.1, 0.15) is 17.1 Å². The number of anilines is 2. The standard InChI is InChI=1S/C29H30Cl2N6O5/c1-5-23(39)35-19-7-6-18(32-14-19)8-9-37-27-17(13-34-29(36-27)33-12-16(2)15-38)10-20(28(37)40)24-25(30)21(41-3)11-22(42-4)26(24)31/h5-7,10-11,13-14,16,38H,1,8-9,12,15H2,2-4H3,(H,35,39)(H,33,34,36). The fraction of sp³-hybridized carbons (Fsp3) is 0.276. The molecule has 42 heavy (non-hydrogen) atoms. The molecule has 0 fully saturated rings. The molecule has 1 unspecified atom stereocenters. The average molecular weight is 614 g/mol. The van der Waals surface area contributed by atoms with Crippen molar-refractivity contribution >= 4 is 51.8 Å². The Hall–Kier alpha value is -4.19. The van der Waals surface area contributed by atoms with Crippen LogP contribution in [0.15, 0.2) is 54.1 Å².